The molecule has 8 heteroatoms. The monoisotopic (exact) mass is 378 g/mol. The van der Waals surface area contributed by atoms with Crippen LogP contribution in [-0.2, 0) is 4.79 Å². The molecule has 1 N–H and O–H groups in total. The van der Waals surface area contributed by atoms with E-state index >= 15 is 0 Å². The summed E-state index contributed by atoms with van der Waals surface area (Å²) < 4.78 is 6.00. The maximum Gasteiger partial charge on any atom is 0.233 e. The first-order valence-electron chi connectivity index (χ1n) is 8.32. The first kappa shape index (κ1) is 18.0. The van der Waals surface area contributed by atoms with Crippen molar-refractivity contribution in [1.29, 1.82) is 0 Å². The fraction of sp³-hybridized carbons (Fsp3) is 0.471. The molecule has 0 spiro atoms. The van der Waals surface area contributed by atoms with Gasteiger partial charge in [-0.3, -0.25) is 4.79 Å². The van der Waals surface area contributed by atoms with Gasteiger partial charge in [0.1, 0.15) is 5.75 Å². The van der Waals surface area contributed by atoms with Gasteiger partial charge in [0, 0.05) is 24.3 Å². The van der Waals surface area contributed by atoms with Crippen LogP contribution < -0.4 is 10.1 Å². The van der Waals surface area contributed by atoms with Crippen molar-refractivity contribution in [3.8, 4) is 5.75 Å². The van der Waals surface area contributed by atoms with E-state index in [4.69, 9.17) is 4.74 Å². The first-order chi connectivity index (χ1) is 12.2. The number of hydrogen-bond acceptors (Lipinski definition) is 7. The fourth-order valence-corrected chi connectivity index (χ4v) is 4.48. The third kappa shape index (κ3) is 4.85. The number of likely N-dealkylation sites (tertiary alicyclic amines) is 1. The number of benzene rings is 1. The zero-order valence-corrected chi connectivity index (χ0v) is 16.0. The van der Waals surface area contributed by atoms with Crippen molar-refractivity contribution in [1.82, 2.24) is 15.1 Å². The van der Waals surface area contributed by atoms with Gasteiger partial charge in [-0.05, 0) is 38.3 Å². The topological polar surface area (TPSA) is 67.3 Å². The van der Waals surface area contributed by atoms with E-state index in [1.54, 1.807) is 7.11 Å². The minimum atomic E-state index is 0.190. The molecule has 1 atom stereocenters. The molecule has 1 amide bonds. The second kappa shape index (κ2) is 8.53. The average Bonchev–Trinajstić information content (AvgIpc) is 3.07. The maximum absolute atomic E-state index is 12.4. The van der Waals surface area contributed by atoms with E-state index in [-0.39, 0.29) is 5.91 Å². The van der Waals surface area contributed by atoms with Crippen molar-refractivity contribution in [2.75, 3.05) is 24.7 Å². The predicted octanol–water partition coefficient (Wildman–Crippen LogP) is 3.78. The Labute approximate surface area is 156 Å². The van der Waals surface area contributed by atoms with Gasteiger partial charge >= 0.3 is 0 Å². The van der Waals surface area contributed by atoms with Crippen molar-refractivity contribution in [3.63, 3.8) is 0 Å². The molecule has 1 aliphatic heterocycles. The lowest BCUT2D eigenvalue weighted by Gasteiger charge is -2.33. The minimum absolute atomic E-state index is 0.190. The van der Waals surface area contributed by atoms with Crippen LogP contribution in [0.5, 0.6) is 5.75 Å². The molecule has 1 fully saturated rings. The Kier molecular flexibility index (Phi) is 6.14. The summed E-state index contributed by atoms with van der Waals surface area (Å²) in [5.74, 6) is 1.39. The van der Waals surface area contributed by atoms with Crippen LogP contribution >= 0.6 is 23.1 Å². The van der Waals surface area contributed by atoms with Gasteiger partial charge in [-0.15, -0.1) is 10.2 Å². The number of ether oxygens (including phenoxy) is 1. The van der Waals surface area contributed by atoms with Crippen LogP contribution in [0.1, 0.15) is 26.2 Å². The van der Waals surface area contributed by atoms with Gasteiger partial charge in [-0.25, -0.2) is 0 Å². The lowest BCUT2D eigenvalue weighted by Crippen LogP contribution is -2.42. The van der Waals surface area contributed by atoms with Crippen molar-refractivity contribution >= 4 is 39.8 Å². The fourth-order valence-electron chi connectivity index (χ4n) is 2.82. The highest BCUT2D eigenvalue weighted by atomic mass is 32.2. The van der Waals surface area contributed by atoms with E-state index in [1.165, 1.54) is 29.5 Å². The van der Waals surface area contributed by atoms with Gasteiger partial charge in [0.2, 0.25) is 11.0 Å². The molecule has 2 aromatic rings. The van der Waals surface area contributed by atoms with Crippen LogP contribution in [0.15, 0.2) is 28.6 Å². The number of aromatic nitrogens is 2. The summed E-state index contributed by atoms with van der Waals surface area (Å²) in [7, 11) is 1.64. The minimum Gasteiger partial charge on any atom is -0.497 e. The van der Waals surface area contributed by atoms with Gasteiger partial charge in [0.05, 0.1) is 12.9 Å². The molecule has 25 heavy (non-hydrogen) atoms. The molecular weight excluding hydrogens is 356 g/mol. The van der Waals surface area contributed by atoms with Crippen molar-refractivity contribution in [3.05, 3.63) is 24.3 Å². The number of methoxy groups -OCH3 is 1. The Morgan fingerprint density at radius 2 is 2.32 bits per heavy atom. The number of nitrogens with one attached hydrogen (secondary N) is 1. The summed E-state index contributed by atoms with van der Waals surface area (Å²) in [5, 5.41) is 12.2. The predicted molar refractivity (Wildman–Crippen MR) is 102 cm³/mol. The van der Waals surface area contributed by atoms with E-state index in [0.29, 0.717) is 16.9 Å². The molecule has 1 aromatic heterocycles. The third-order valence-corrected chi connectivity index (χ3v) is 6.13. The van der Waals surface area contributed by atoms with Gasteiger partial charge in [0.15, 0.2) is 4.34 Å². The van der Waals surface area contributed by atoms with Crippen LogP contribution in [0, 0.1) is 0 Å². The number of carbonyl (C=O) groups is 1. The highest BCUT2D eigenvalue weighted by Crippen LogP contribution is 2.29. The largest absolute Gasteiger partial charge is 0.497 e. The van der Waals surface area contributed by atoms with E-state index in [9.17, 15) is 4.79 Å². The van der Waals surface area contributed by atoms with Crippen LogP contribution in [-0.4, -0.2) is 46.5 Å². The van der Waals surface area contributed by atoms with Crippen LogP contribution in [0.25, 0.3) is 0 Å². The van der Waals surface area contributed by atoms with Gasteiger partial charge in [-0.1, -0.05) is 29.2 Å². The molecule has 0 saturated carbocycles. The number of amides is 1. The lowest BCUT2D eigenvalue weighted by atomic mass is 10.0. The Bertz CT molecular complexity index is 722. The van der Waals surface area contributed by atoms with Gasteiger partial charge < -0.3 is 15.0 Å². The summed E-state index contributed by atoms with van der Waals surface area (Å²) in [6.07, 6.45) is 3.42. The molecule has 3 rings (SSSR count). The Hall–Kier alpha value is -1.80. The molecule has 0 radical (unpaired) electrons. The Morgan fingerprint density at radius 1 is 1.44 bits per heavy atom. The van der Waals surface area contributed by atoms with Crippen LogP contribution in [0.2, 0.25) is 0 Å². The third-order valence-electron chi connectivity index (χ3n) is 4.17. The Balaban J connectivity index is 1.53. The summed E-state index contributed by atoms with van der Waals surface area (Å²) in [4.78, 5) is 14.4. The van der Waals surface area contributed by atoms with E-state index in [0.717, 1.165) is 35.2 Å². The number of carbonyl (C=O) groups excluding carboxylic acids is 1. The van der Waals surface area contributed by atoms with Gasteiger partial charge in [-0.2, -0.15) is 0 Å². The molecule has 2 heterocycles. The quantitative estimate of drug-likeness (QED) is 0.772. The average molecular weight is 379 g/mol. The zero-order valence-electron chi connectivity index (χ0n) is 14.4. The summed E-state index contributed by atoms with van der Waals surface area (Å²) in [5.41, 5.74) is 0.894. The maximum atomic E-state index is 12.4. The van der Waals surface area contributed by atoms with Gasteiger partial charge in [0.25, 0.3) is 0 Å². The standard InChI is InChI=1S/C17H22N4O2S2/c1-12-6-3-4-9-21(12)15(22)11-24-17-20-19-16(25-17)18-13-7-5-8-14(10-13)23-2/h5,7-8,10,12H,3-4,6,9,11H2,1-2H3,(H,18,19). The lowest BCUT2D eigenvalue weighted by molar-refractivity contribution is -0.131. The van der Waals surface area contributed by atoms with Crippen LogP contribution in [0.3, 0.4) is 0 Å². The normalized spacial score (nSPS) is 17.4. The smallest absolute Gasteiger partial charge is 0.233 e. The number of rotatable bonds is 6. The van der Waals surface area contributed by atoms with E-state index < -0.39 is 0 Å². The molecule has 134 valence electrons. The first-order valence-corrected chi connectivity index (χ1v) is 10.1. The second-order valence-electron chi connectivity index (χ2n) is 5.95. The highest BCUT2D eigenvalue weighted by molar-refractivity contribution is 8.01. The summed E-state index contributed by atoms with van der Waals surface area (Å²) in [6.45, 7) is 3.00. The molecule has 1 aromatic carbocycles. The zero-order chi connectivity index (χ0) is 17.6. The molecule has 1 unspecified atom stereocenters. The highest BCUT2D eigenvalue weighted by Gasteiger charge is 2.23. The summed E-state index contributed by atoms with van der Waals surface area (Å²) in [6, 6.07) is 7.99. The SMILES string of the molecule is COc1cccc(Nc2nnc(SCC(=O)N3CCCCC3C)s2)c1. The van der Waals surface area contributed by atoms with Crippen molar-refractivity contribution in [2.24, 2.45) is 0 Å². The molecule has 0 bridgehead atoms. The number of nitrogens with zero attached hydrogens (tertiary/aromatic N) is 3. The molecule has 0 aliphatic carbocycles. The number of thioether (sulfide) groups is 1. The Morgan fingerprint density at radius 3 is 3.12 bits per heavy atom. The number of anilines is 2. The van der Waals surface area contributed by atoms with Crippen molar-refractivity contribution < 1.29 is 9.53 Å². The molecule has 6 nitrogen and oxygen atoms in total. The number of piperidine rings is 1. The summed E-state index contributed by atoms with van der Waals surface area (Å²) >= 11 is 2.90. The van der Waals surface area contributed by atoms with Crippen molar-refractivity contribution in [2.45, 2.75) is 36.6 Å². The number of hydrogen-bond donors (Lipinski definition) is 1. The molecular formula is C17H22N4O2S2. The van der Waals surface area contributed by atoms with Crippen LogP contribution in [0.4, 0.5) is 10.8 Å². The second-order valence-corrected chi connectivity index (χ2v) is 8.15. The van der Waals surface area contributed by atoms with E-state index in [2.05, 4.69) is 22.4 Å². The molecule has 1 saturated heterocycles. The molecule has 1 aliphatic rings. The van der Waals surface area contributed by atoms with E-state index in [1.807, 2.05) is 29.2 Å².